The first kappa shape index (κ1) is 25.3. The van der Waals surface area contributed by atoms with Crippen molar-refractivity contribution in [3.05, 3.63) is 75.4 Å². The van der Waals surface area contributed by atoms with E-state index in [2.05, 4.69) is 20.6 Å². The molecule has 0 unspecified atom stereocenters. The van der Waals surface area contributed by atoms with Gasteiger partial charge in [0.2, 0.25) is 11.9 Å². The molecule has 2 amide bonds. The zero-order valence-electron chi connectivity index (χ0n) is 19.4. The Morgan fingerprint density at radius 3 is 2.49 bits per heavy atom. The SMILES string of the molecule is O=C(Nc1cc(Cl)ccn1)c1ccc2c(c1)nc(Nc1c(Cl)cccc1Cl)n2CC(=O)N1CCOCC1. The molecule has 0 atom stereocenters. The highest BCUT2D eigenvalue weighted by atomic mass is 35.5. The molecule has 4 aromatic rings. The Balaban J connectivity index is 1.50. The summed E-state index contributed by atoms with van der Waals surface area (Å²) in [5.41, 5.74) is 1.99. The molecule has 0 bridgehead atoms. The molecule has 2 aromatic heterocycles. The number of rotatable bonds is 6. The smallest absolute Gasteiger partial charge is 0.256 e. The van der Waals surface area contributed by atoms with Crippen molar-refractivity contribution < 1.29 is 14.3 Å². The number of pyridine rings is 1. The maximum Gasteiger partial charge on any atom is 0.256 e. The van der Waals surface area contributed by atoms with E-state index in [0.29, 0.717) is 75.4 Å². The number of nitrogens with zero attached hydrogens (tertiary/aromatic N) is 4. The van der Waals surface area contributed by atoms with E-state index in [0.717, 1.165) is 0 Å². The maximum atomic E-state index is 13.1. The van der Waals surface area contributed by atoms with Crippen LogP contribution in [0.5, 0.6) is 0 Å². The summed E-state index contributed by atoms with van der Waals surface area (Å²) in [6.45, 7) is 2.06. The van der Waals surface area contributed by atoms with E-state index >= 15 is 0 Å². The Morgan fingerprint density at radius 2 is 1.76 bits per heavy atom. The molecule has 2 aromatic carbocycles. The van der Waals surface area contributed by atoms with Crippen molar-refractivity contribution >= 4 is 75.1 Å². The second-order valence-corrected chi connectivity index (χ2v) is 9.50. The Hall–Kier alpha value is -3.37. The number of carbonyl (C=O) groups excluding carboxylic acids is 2. The van der Waals surface area contributed by atoms with Crippen molar-refractivity contribution in [2.45, 2.75) is 6.54 Å². The molecule has 37 heavy (non-hydrogen) atoms. The largest absolute Gasteiger partial charge is 0.378 e. The zero-order valence-corrected chi connectivity index (χ0v) is 21.6. The second kappa shape index (κ2) is 10.9. The molecular formula is C25H21Cl3N6O3. The second-order valence-electron chi connectivity index (χ2n) is 8.25. The van der Waals surface area contributed by atoms with Crippen molar-refractivity contribution in [1.82, 2.24) is 19.4 Å². The maximum absolute atomic E-state index is 13.1. The molecule has 0 aliphatic carbocycles. The van der Waals surface area contributed by atoms with Crippen molar-refractivity contribution in [1.29, 1.82) is 0 Å². The first-order valence-corrected chi connectivity index (χ1v) is 12.5. The third kappa shape index (κ3) is 5.65. The number of morpholine rings is 1. The predicted molar refractivity (Wildman–Crippen MR) is 144 cm³/mol. The van der Waals surface area contributed by atoms with Crippen LogP contribution >= 0.6 is 34.8 Å². The number of carbonyl (C=O) groups is 2. The van der Waals surface area contributed by atoms with Gasteiger partial charge in [0.15, 0.2) is 0 Å². The van der Waals surface area contributed by atoms with Gasteiger partial charge in [-0.3, -0.25) is 9.59 Å². The van der Waals surface area contributed by atoms with Crippen LogP contribution in [0.2, 0.25) is 15.1 Å². The Kier molecular flexibility index (Phi) is 7.48. The van der Waals surface area contributed by atoms with E-state index in [1.807, 2.05) is 0 Å². The molecule has 0 saturated carbocycles. The lowest BCUT2D eigenvalue weighted by molar-refractivity contribution is -0.135. The van der Waals surface area contributed by atoms with Crippen molar-refractivity contribution in [2.24, 2.45) is 0 Å². The van der Waals surface area contributed by atoms with Gasteiger partial charge in [-0.15, -0.1) is 0 Å². The summed E-state index contributed by atoms with van der Waals surface area (Å²) in [5.74, 6) is 0.236. The van der Waals surface area contributed by atoms with Crippen LogP contribution in [0.1, 0.15) is 10.4 Å². The average Bonchev–Trinajstić information content (AvgIpc) is 3.23. The van der Waals surface area contributed by atoms with Crippen molar-refractivity contribution in [2.75, 3.05) is 36.9 Å². The Labute approximate surface area is 227 Å². The number of benzene rings is 2. The number of amides is 2. The molecule has 12 heteroatoms. The molecule has 0 spiro atoms. The fraction of sp³-hybridized carbons (Fsp3) is 0.200. The first-order valence-electron chi connectivity index (χ1n) is 11.4. The lowest BCUT2D eigenvalue weighted by Crippen LogP contribution is -2.42. The quantitative estimate of drug-likeness (QED) is 0.335. The summed E-state index contributed by atoms with van der Waals surface area (Å²) < 4.78 is 7.11. The number of imidazole rings is 1. The summed E-state index contributed by atoms with van der Waals surface area (Å²) in [5, 5.41) is 7.15. The zero-order chi connectivity index (χ0) is 25.9. The van der Waals surface area contributed by atoms with Gasteiger partial charge in [0.05, 0.1) is 40.0 Å². The molecule has 1 aliphatic heterocycles. The summed E-state index contributed by atoms with van der Waals surface area (Å²) in [6, 6.07) is 13.4. The van der Waals surface area contributed by atoms with E-state index in [9.17, 15) is 9.59 Å². The molecule has 5 rings (SSSR count). The highest BCUT2D eigenvalue weighted by Gasteiger charge is 2.22. The van der Waals surface area contributed by atoms with Crippen molar-refractivity contribution in [3.63, 3.8) is 0 Å². The fourth-order valence-electron chi connectivity index (χ4n) is 3.97. The van der Waals surface area contributed by atoms with E-state index in [4.69, 9.17) is 39.5 Å². The molecule has 9 nitrogen and oxygen atoms in total. The van der Waals surface area contributed by atoms with Crippen LogP contribution in [0.3, 0.4) is 0 Å². The van der Waals surface area contributed by atoms with Crippen LogP contribution in [0.25, 0.3) is 11.0 Å². The van der Waals surface area contributed by atoms with Gasteiger partial charge in [-0.25, -0.2) is 9.97 Å². The minimum atomic E-state index is -0.376. The molecule has 190 valence electrons. The topological polar surface area (TPSA) is 101 Å². The summed E-state index contributed by atoms with van der Waals surface area (Å²) in [6.07, 6.45) is 1.51. The number of fused-ring (bicyclic) bond motifs is 1. The van der Waals surface area contributed by atoms with Gasteiger partial charge in [-0.1, -0.05) is 40.9 Å². The lowest BCUT2D eigenvalue weighted by atomic mass is 10.2. The average molecular weight is 560 g/mol. The van der Waals surface area contributed by atoms with Crippen LogP contribution in [0.15, 0.2) is 54.7 Å². The summed E-state index contributed by atoms with van der Waals surface area (Å²) in [4.78, 5) is 36.5. The van der Waals surface area contributed by atoms with Gasteiger partial charge >= 0.3 is 0 Å². The lowest BCUT2D eigenvalue weighted by Gasteiger charge is -2.27. The number of para-hydroxylation sites is 1. The number of ether oxygens (including phenoxy) is 1. The number of anilines is 3. The highest BCUT2D eigenvalue weighted by Crippen LogP contribution is 2.33. The first-order chi connectivity index (χ1) is 17.9. The molecule has 0 radical (unpaired) electrons. The van der Waals surface area contributed by atoms with Crippen LogP contribution in [-0.4, -0.2) is 57.6 Å². The molecule has 1 saturated heterocycles. The molecule has 2 N–H and O–H groups in total. The van der Waals surface area contributed by atoms with Crippen LogP contribution in [0.4, 0.5) is 17.5 Å². The third-order valence-electron chi connectivity index (χ3n) is 5.83. The summed E-state index contributed by atoms with van der Waals surface area (Å²) >= 11 is 18.7. The number of hydrogen-bond donors (Lipinski definition) is 2. The number of aromatic nitrogens is 3. The van der Waals surface area contributed by atoms with Crippen LogP contribution in [-0.2, 0) is 16.1 Å². The molecule has 3 heterocycles. The number of halogens is 3. The van der Waals surface area contributed by atoms with Crippen molar-refractivity contribution in [3.8, 4) is 0 Å². The minimum absolute atomic E-state index is 0.0267. The van der Waals surface area contributed by atoms with Gasteiger partial charge in [0.1, 0.15) is 12.4 Å². The highest BCUT2D eigenvalue weighted by molar-refractivity contribution is 6.39. The van der Waals surface area contributed by atoms with E-state index in [1.54, 1.807) is 58.0 Å². The summed E-state index contributed by atoms with van der Waals surface area (Å²) in [7, 11) is 0. The number of nitrogens with one attached hydrogen (secondary N) is 2. The fourth-order valence-corrected chi connectivity index (χ4v) is 4.62. The monoisotopic (exact) mass is 558 g/mol. The Morgan fingerprint density at radius 1 is 1.00 bits per heavy atom. The van der Waals surface area contributed by atoms with E-state index < -0.39 is 0 Å². The van der Waals surface area contributed by atoms with Gasteiger partial charge in [0.25, 0.3) is 5.91 Å². The van der Waals surface area contributed by atoms with E-state index in [1.165, 1.54) is 6.20 Å². The van der Waals surface area contributed by atoms with Gasteiger partial charge < -0.3 is 24.8 Å². The van der Waals surface area contributed by atoms with Gasteiger partial charge in [-0.2, -0.15) is 0 Å². The van der Waals surface area contributed by atoms with Gasteiger partial charge in [-0.05, 0) is 42.5 Å². The molecule has 1 fully saturated rings. The minimum Gasteiger partial charge on any atom is -0.378 e. The molecule has 1 aliphatic rings. The van der Waals surface area contributed by atoms with E-state index in [-0.39, 0.29) is 18.4 Å². The molecular weight excluding hydrogens is 539 g/mol. The van der Waals surface area contributed by atoms with Crippen LogP contribution < -0.4 is 10.6 Å². The third-order valence-corrected chi connectivity index (χ3v) is 6.70. The van der Waals surface area contributed by atoms with Crippen LogP contribution in [0, 0.1) is 0 Å². The normalized spacial score (nSPS) is 13.5. The standard InChI is InChI=1S/C25H21Cl3N6O3/c26-16-6-7-29-21(13-16)31-24(36)15-4-5-20-19(12-15)30-25(32-23-17(27)2-1-3-18(23)28)34(20)14-22(35)33-8-10-37-11-9-33/h1-7,12-13H,8-11,14H2,(H,30,32)(H,29,31,36). The Bertz CT molecular complexity index is 1470. The number of hydrogen-bond acceptors (Lipinski definition) is 6. The van der Waals surface area contributed by atoms with Gasteiger partial charge in [0, 0.05) is 29.9 Å². The predicted octanol–water partition coefficient (Wildman–Crippen LogP) is 5.25.